The van der Waals surface area contributed by atoms with E-state index in [1.54, 1.807) is 14.2 Å². The van der Waals surface area contributed by atoms with Crippen LogP contribution >= 0.6 is 12.2 Å². The third kappa shape index (κ3) is 6.34. The van der Waals surface area contributed by atoms with Gasteiger partial charge >= 0.3 is 0 Å². The number of ether oxygens (including phenoxy) is 3. The predicted molar refractivity (Wildman–Crippen MR) is 120 cm³/mol. The number of para-hydroxylation sites is 1. The number of methoxy groups -OCH3 is 2. The maximum Gasteiger partial charge on any atom is 0.169 e. The minimum Gasteiger partial charge on any atom is -0.497 e. The van der Waals surface area contributed by atoms with Gasteiger partial charge in [0.1, 0.15) is 11.5 Å². The molecule has 29 heavy (non-hydrogen) atoms. The number of thiocarbonyl (C=S) groups is 1. The first-order valence-corrected chi connectivity index (χ1v) is 10.5. The van der Waals surface area contributed by atoms with E-state index < -0.39 is 0 Å². The largest absolute Gasteiger partial charge is 0.497 e. The van der Waals surface area contributed by atoms with Crippen LogP contribution in [0.4, 0.5) is 0 Å². The highest BCUT2D eigenvalue weighted by Gasteiger charge is 2.21. The maximum absolute atomic E-state index is 5.85. The van der Waals surface area contributed by atoms with Crippen LogP contribution in [-0.4, -0.2) is 50.0 Å². The van der Waals surface area contributed by atoms with E-state index in [-0.39, 0.29) is 6.10 Å². The lowest BCUT2D eigenvalue weighted by molar-refractivity contribution is 0.0896. The van der Waals surface area contributed by atoms with Gasteiger partial charge in [0.15, 0.2) is 5.11 Å². The fourth-order valence-corrected chi connectivity index (χ4v) is 3.75. The number of hydrogen-bond donors (Lipinski definition) is 1. The Balaban J connectivity index is 1.60. The summed E-state index contributed by atoms with van der Waals surface area (Å²) < 4.78 is 16.6. The van der Waals surface area contributed by atoms with E-state index in [1.165, 1.54) is 5.56 Å². The first-order chi connectivity index (χ1) is 14.2. The Hall–Kier alpha value is -2.31. The Morgan fingerprint density at radius 3 is 2.62 bits per heavy atom. The van der Waals surface area contributed by atoms with Gasteiger partial charge in [-0.25, -0.2) is 0 Å². The van der Waals surface area contributed by atoms with E-state index in [9.17, 15) is 0 Å². The average molecular weight is 415 g/mol. The van der Waals surface area contributed by atoms with Crippen LogP contribution in [-0.2, 0) is 17.7 Å². The van der Waals surface area contributed by atoms with Crippen LogP contribution in [0.15, 0.2) is 48.5 Å². The summed E-state index contributed by atoms with van der Waals surface area (Å²) in [6, 6.07) is 16.2. The molecule has 1 fully saturated rings. The van der Waals surface area contributed by atoms with E-state index in [0.717, 1.165) is 61.1 Å². The van der Waals surface area contributed by atoms with Gasteiger partial charge in [-0.1, -0.05) is 30.3 Å². The number of hydrogen-bond acceptors (Lipinski definition) is 4. The molecule has 0 saturated carbocycles. The summed E-state index contributed by atoms with van der Waals surface area (Å²) in [7, 11) is 3.38. The molecule has 3 rings (SSSR count). The van der Waals surface area contributed by atoms with Crippen molar-refractivity contribution in [3.63, 3.8) is 0 Å². The molecule has 1 atom stereocenters. The van der Waals surface area contributed by atoms with Crippen LogP contribution in [0, 0.1) is 0 Å². The van der Waals surface area contributed by atoms with Crippen molar-refractivity contribution in [1.29, 1.82) is 0 Å². The fraction of sp³-hybridized carbons (Fsp3) is 0.435. The first-order valence-electron chi connectivity index (χ1n) is 10.1. The SMILES string of the molecule is COc1ccc(CCNC(=S)N(Cc2ccccc2OC)CC2CCCO2)cc1. The number of nitrogens with zero attached hydrogens (tertiary/aromatic N) is 1. The van der Waals surface area contributed by atoms with Gasteiger partial charge in [-0.15, -0.1) is 0 Å². The molecule has 0 spiro atoms. The van der Waals surface area contributed by atoms with Crippen LogP contribution in [0.2, 0.25) is 0 Å². The van der Waals surface area contributed by atoms with Crippen LogP contribution in [0.25, 0.3) is 0 Å². The molecule has 0 bridgehead atoms. The van der Waals surface area contributed by atoms with Crippen molar-refractivity contribution in [3.8, 4) is 11.5 Å². The van der Waals surface area contributed by atoms with Gasteiger partial charge in [-0.2, -0.15) is 0 Å². The summed E-state index contributed by atoms with van der Waals surface area (Å²) >= 11 is 5.74. The fourth-order valence-electron chi connectivity index (χ4n) is 3.51. The molecular weight excluding hydrogens is 384 g/mol. The molecule has 1 saturated heterocycles. The Kier molecular flexibility index (Phi) is 8.14. The lowest BCUT2D eigenvalue weighted by atomic mass is 10.1. The minimum absolute atomic E-state index is 0.228. The van der Waals surface area contributed by atoms with Crippen molar-refractivity contribution in [3.05, 3.63) is 59.7 Å². The van der Waals surface area contributed by atoms with Crippen molar-refractivity contribution in [2.24, 2.45) is 0 Å². The first kappa shape index (κ1) is 21.4. The summed E-state index contributed by atoms with van der Waals surface area (Å²) in [5.74, 6) is 1.75. The Labute approximate surface area is 179 Å². The normalized spacial score (nSPS) is 15.7. The summed E-state index contributed by atoms with van der Waals surface area (Å²) in [4.78, 5) is 2.19. The number of rotatable bonds is 9. The molecule has 5 nitrogen and oxygen atoms in total. The monoisotopic (exact) mass is 414 g/mol. The van der Waals surface area contributed by atoms with Crippen molar-refractivity contribution < 1.29 is 14.2 Å². The van der Waals surface area contributed by atoms with Gasteiger partial charge in [0.25, 0.3) is 0 Å². The van der Waals surface area contributed by atoms with E-state index in [0.29, 0.717) is 6.54 Å². The predicted octanol–water partition coefficient (Wildman–Crippen LogP) is 3.80. The lowest BCUT2D eigenvalue weighted by Gasteiger charge is -2.29. The van der Waals surface area contributed by atoms with Gasteiger partial charge < -0.3 is 24.4 Å². The van der Waals surface area contributed by atoms with Crippen molar-refractivity contribution in [2.75, 3.05) is 33.9 Å². The third-order valence-corrected chi connectivity index (χ3v) is 5.54. The molecule has 6 heteroatoms. The molecule has 1 heterocycles. The van der Waals surface area contributed by atoms with Gasteiger partial charge in [-0.3, -0.25) is 0 Å². The highest BCUT2D eigenvalue weighted by Crippen LogP contribution is 2.21. The van der Waals surface area contributed by atoms with Gasteiger partial charge in [-0.05, 0) is 55.2 Å². The second-order valence-electron chi connectivity index (χ2n) is 7.16. The summed E-state index contributed by atoms with van der Waals surface area (Å²) in [6.45, 7) is 3.09. The zero-order chi connectivity index (χ0) is 20.5. The maximum atomic E-state index is 5.85. The molecule has 1 aliphatic heterocycles. The molecular formula is C23H30N2O3S. The van der Waals surface area contributed by atoms with Crippen molar-refractivity contribution in [1.82, 2.24) is 10.2 Å². The second kappa shape index (κ2) is 11.0. The molecule has 1 N–H and O–H groups in total. The van der Waals surface area contributed by atoms with Crippen LogP contribution in [0.1, 0.15) is 24.0 Å². The Morgan fingerprint density at radius 1 is 1.14 bits per heavy atom. The van der Waals surface area contributed by atoms with Gasteiger partial charge in [0.05, 0.1) is 20.3 Å². The van der Waals surface area contributed by atoms with Crippen LogP contribution in [0.5, 0.6) is 11.5 Å². The van der Waals surface area contributed by atoms with Crippen molar-refractivity contribution in [2.45, 2.75) is 31.9 Å². The lowest BCUT2D eigenvalue weighted by Crippen LogP contribution is -2.43. The Bertz CT molecular complexity index is 776. The zero-order valence-corrected chi connectivity index (χ0v) is 18.0. The van der Waals surface area contributed by atoms with Crippen molar-refractivity contribution >= 4 is 17.3 Å². The third-order valence-electron chi connectivity index (χ3n) is 5.14. The molecule has 2 aromatic carbocycles. The van der Waals surface area contributed by atoms with E-state index >= 15 is 0 Å². The van der Waals surface area contributed by atoms with Gasteiger partial charge in [0, 0.05) is 31.8 Å². The minimum atomic E-state index is 0.228. The van der Waals surface area contributed by atoms with Crippen LogP contribution in [0.3, 0.4) is 0 Å². The second-order valence-corrected chi connectivity index (χ2v) is 7.54. The molecule has 0 aliphatic carbocycles. The highest BCUT2D eigenvalue weighted by atomic mass is 32.1. The molecule has 0 radical (unpaired) electrons. The van der Waals surface area contributed by atoms with E-state index in [2.05, 4.69) is 28.4 Å². The molecule has 2 aromatic rings. The standard InChI is InChI=1S/C23H30N2O3S/c1-26-20-11-9-18(10-12-20)13-14-24-23(29)25(17-21-7-5-15-28-21)16-19-6-3-4-8-22(19)27-2/h3-4,6,8-12,21H,5,7,13-17H2,1-2H3,(H,24,29). The van der Waals surface area contributed by atoms with E-state index in [4.69, 9.17) is 26.4 Å². The molecule has 1 unspecified atom stereocenters. The van der Waals surface area contributed by atoms with Gasteiger partial charge in [0.2, 0.25) is 0 Å². The quantitative estimate of drug-likeness (QED) is 0.630. The summed E-state index contributed by atoms with van der Waals surface area (Å²) in [6.07, 6.45) is 3.32. The number of benzene rings is 2. The molecule has 156 valence electrons. The smallest absolute Gasteiger partial charge is 0.169 e. The molecule has 0 aromatic heterocycles. The summed E-state index contributed by atoms with van der Waals surface area (Å²) in [5, 5.41) is 4.17. The number of nitrogens with one attached hydrogen (secondary N) is 1. The highest BCUT2D eigenvalue weighted by molar-refractivity contribution is 7.80. The Morgan fingerprint density at radius 2 is 1.93 bits per heavy atom. The van der Waals surface area contributed by atoms with Crippen LogP contribution < -0.4 is 14.8 Å². The topological polar surface area (TPSA) is 43.0 Å². The molecule has 0 amide bonds. The molecule has 1 aliphatic rings. The average Bonchev–Trinajstić information content (AvgIpc) is 3.27. The summed E-state index contributed by atoms with van der Waals surface area (Å²) in [5.41, 5.74) is 2.36. The van der Waals surface area contributed by atoms with E-state index in [1.807, 2.05) is 30.3 Å². The zero-order valence-electron chi connectivity index (χ0n) is 17.2.